The molecule has 0 N–H and O–H groups in total. The van der Waals surface area contributed by atoms with Crippen LogP contribution in [-0.2, 0) is 18.0 Å². The van der Waals surface area contributed by atoms with Crippen LogP contribution < -0.4 is 10.5 Å². The van der Waals surface area contributed by atoms with E-state index in [1.54, 1.807) is 25.3 Å². The van der Waals surface area contributed by atoms with Gasteiger partial charge in [0.1, 0.15) is 23.2 Å². The summed E-state index contributed by atoms with van der Waals surface area (Å²) in [5.41, 5.74) is 1.87. The standard InChI is InChI=1S/C21H22F2N6O3/c1-13-2-3-17(26-25-13)20-16(18(7-22)32-27-20)9-29-19(30)6-15(8-24-29)28-11-21(12-28)5-4-14(23)10-31-21/h2-3,6,8,14H,4-5,7,9-12H2,1H3/t14-/m1/s1. The Morgan fingerprint density at radius 2 is 2.12 bits per heavy atom. The predicted molar refractivity (Wildman–Crippen MR) is 110 cm³/mol. The zero-order valence-electron chi connectivity index (χ0n) is 17.5. The van der Waals surface area contributed by atoms with Crippen molar-refractivity contribution in [3.8, 4) is 11.4 Å². The van der Waals surface area contributed by atoms with E-state index in [0.717, 1.165) is 5.69 Å². The van der Waals surface area contributed by atoms with E-state index < -0.39 is 12.8 Å². The van der Waals surface area contributed by atoms with Crippen LogP contribution >= 0.6 is 0 Å². The number of anilines is 1. The van der Waals surface area contributed by atoms with E-state index in [0.29, 0.717) is 48.6 Å². The van der Waals surface area contributed by atoms with Crippen LogP contribution in [0.2, 0.25) is 0 Å². The third-order valence-corrected chi connectivity index (χ3v) is 6.00. The van der Waals surface area contributed by atoms with Crippen molar-refractivity contribution < 1.29 is 18.0 Å². The number of hydrogen-bond donors (Lipinski definition) is 0. The monoisotopic (exact) mass is 444 g/mol. The third kappa shape index (κ3) is 3.77. The zero-order chi connectivity index (χ0) is 22.3. The number of aryl methyl sites for hydroxylation is 1. The summed E-state index contributed by atoms with van der Waals surface area (Å²) in [6.45, 7) is 2.23. The average Bonchev–Trinajstić information content (AvgIpc) is 3.17. The first kappa shape index (κ1) is 20.7. The maximum absolute atomic E-state index is 13.5. The first-order valence-corrected chi connectivity index (χ1v) is 10.4. The van der Waals surface area contributed by atoms with Crippen molar-refractivity contribution in [2.75, 3.05) is 24.6 Å². The number of rotatable bonds is 5. The van der Waals surface area contributed by atoms with Gasteiger partial charge in [-0.05, 0) is 31.9 Å². The zero-order valence-corrected chi connectivity index (χ0v) is 17.5. The minimum absolute atomic E-state index is 0.0162. The molecule has 11 heteroatoms. The second kappa shape index (κ2) is 8.05. The van der Waals surface area contributed by atoms with Gasteiger partial charge in [0.2, 0.25) is 0 Å². The van der Waals surface area contributed by atoms with E-state index in [2.05, 4.69) is 20.5 Å². The van der Waals surface area contributed by atoms with E-state index in [1.807, 2.05) is 4.90 Å². The van der Waals surface area contributed by atoms with Crippen molar-refractivity contribution in [3.05, 3.63) is 51.8 Å². The molecule has 0 radical (unpaired) electrons. The molecule has 2 aliphatic heterocycles. The molecule has 5 heterocycles. The lowest BCUT2D eigenvalue weighted by atomic mass is 9.85. The molecule has 0 aliphatic carbocycles. The van der Waals surface area contributed by atoms with E-state index in [1.165, 1.54) is 10.7 Å². The summed E-state index contributed by atoms with van der Waals surface area (Å²) in [6.07, 6.45) is 1.85. The Morgan fingerprint density at radius 3 is 2.78 bits per heavy atom. The Balaban J connectivity index is 1.34. The van der Waals surface area contributed by atoms with Crippen LogP contribution in [0.25, 0.3) is 11.4 Å². The molecule has 2 saturated heterocycles. The summed E-state index contributed by atoms with van der Waals surface area (Å²) in [6, 6.07) is 4.95. The number of halogens is 2. The molecule has 0 unspecified atom stereocenters. The number of alkyl halides is 2. The maximum Gasteiger partial charge on any atom is 0.269 e. The van der Waals surface area contributed by atoms with Crippen molar-refractivity contribution in [2.24, 2.45) is 0 Å². The summed E-state index contributed by atoms with van der Waals surface area (Å²) < 4.78 is 38.9. The molecule has 1 atom stereocenters. The number of aromatic nitrogens is 5. The average molecular weight is 444 g/mol. The molecular formula is C21H22F2N6O3. The largest absolute Gasteiger partial charge is 0.368 e. The van der Waals surface area contributed by atoms with Crippen molar-refractivity contribution in [3.63, 3.8) is 0 Å². The van der Waals surface area contributed by atoms with Crippen molar-refractivity contribution >= 4 is 5.69 Å². The van der Waals surface area contributed by atoms with Crippen LogP contribution in [0.1, 0.15) is 29.9 Å². The molecule has 0 bridgehead atoms. The fourth-order valence-electron chi connectivity index (χ4n) is 4.13. The van der Waals surface area contributed by atoms with E-state index in [-0.39, 0.29) is 30.1 Å². The van der Waals surface area contributed by atoms with Crippen LogP contribution in [0.15, 0.2) is 33.7 Å². The molecule has 0 amide bonds. The second-order valence-corrected chi connectivity index (χ2v) is 8.32. The van der Waals surface area contributed by atoms with Gasteiger partial charge in [-0.3, -0.25) is 4.79 Å². The Morgan fingerprint density at radius 1 is 1.28 bits per heavy atom. The molecule has 2 fully saturated rings. The molecule has 5 rings (SSSR count). The van der Waals surface area contributed by atoms with Crippen molar-refractivity contribution in [1.82, 2.24) is 25.1 Å². The highest BCUT2D eigenvalue weighted by Crippen LogP contribution is 2.37. The highest BCUT2D eigenvalue weighted by Gasteiger charge is 2.47. The smallest absolute Gasteiger partial charge is 0.269 e. The van der Waals surface area contributed by atoms with Gasteiger partial charge in [0, 0.05) is 24.7 Å². The normalized spacial score (nSPS) is 19.8. The summed E-state index contributed by atoms with van der Waals surface area (Å²) in [7, 11) is 0. The summed E-state index contributed by atoms with van der Waals surface area (Å²) >= 11 is 0. The quantitative estimate of drug-likeness (QED) is 0.591. The van der Waals surface area contributed by atoms with Gasteiger partial charge in [-0.25, -0.2) is 13.5 Å². The highest BCUT2D eigenvalue weighted by atomic mass is 19.1. The number of hydrogen-bond acceptors (Lipinski definition) is 8. The Labute approximate surface area is 182 Å². The van der Waals surface area contributed by atoms with E-state index in [9.17, 15) is 13.6 Å². The third-order valence-electron chi connectivity index (χ3n) is 6.00. The van der Waals surface area contributed by atoms with E-state index in [4.69, 9.17) is 9.26 Å². The molecule has 1 spiro atoms. The maximum atomic E-state index is 13.5. The Hall–Kier alpha value is -3.21. The predicted octanol–water partition coefficient (Wildman–Crippen LogP) is 2.22. The first-order chi connectivity index (χ1) is 15.5. The molecule has 3 aromatic rings. The lowest BCUT2D eigenvalue weighted by Gasteiger charge is -2.52. The minimum atomic E-state index is -0.900. The van der Waals surface area contributed by atoms with Crippen LogP contribution in [0, 0.1) is 6.92 Å². The Bertz CT molecular complexity index is 1160. The van der Waals surface area contributed by atoms with Crippen molar-refractivity contribution in [1.29, 1.82) is 0 Å². The Kier molecular flexibility index (Phi) is 5.20. The topological polar surface area (TPSA) is 99.2 Å². The van der Waals surface area contributed by atoms with Gasteiger partial charge in [0.05, 0.1) is 30.7 Å². The lowest BCUT2D eigenvalue weighted by Crippen LogP contribution is -2.65. The first-order valence-electron chi connectivity index (χ1n) is 10.4. The van der Waals surface area contributed by atoms with Crippen LogP contribution in [0.4, 0.5) is 14.5 Å². The second-order valence-electron chi connectivity index (χ2n) is 8.32. The summed E-state index contributed by atoms with van der Waals surface area (Å²) in [5.74, 6) is 0.0189. The van der Waals surface area contributed by atoms with Gasteiger partial charge in [-0.15, -0.1) is 5.10 Å². The molecule has 0 saturated carbocycles. The molecule has 2 aliphatic rings. The molecule has 168 valence electrons. The van der Waals surface area contributed by atoms with Gasteiger partial charge >= 0.3 is 0 Å². The van der Waals surface area contributed by atoms with E-state index >= 15 is 0 Å². The SMILES string of the molecule is Cc1ccc(-c2noc(CF)c2Cn2ncc(N3CC4(CC[C@@H](F)CO4)C3)cc2=O)nn1. The highest BCUT2D eigenvalue weighted by molar-refractivity contribution is 5.58. The van der Waals surface area contributed by atoms with Crippen LogP contribution in [0.5, 0.6) is 0 Å². The molecule has 0 aromatic carbocycles. The van der Waals surface area contributed by atoms with Crippen LogP contribution in [-0.4, -0.2) is 56.6 Å². The number of nitrogens with zero attached hydrogens (tertiary/aromatic N) is 6. The van der Waals surface area contributed by atoms with Crippen molar-refractivity contribution in [2.45, 2.75) is 44.8 Å². The summed E-state index contributed by atoms with van der Waals surface area (Å²) in [5, 5.41) is 16.3. The van der Waals surface area contributed by atoms with Gasteiger partial charge < -0.3 is 14.2 Å². The van der Waals surface area contributed by atoms with Gasteiger partial charge in [-0.1, -0.05) is 5.16 Å². The van der Waals surface area contributed by atoms with Gasteiger partial charge in [0.15, 0.2) is 12.4 Å². The molecular weight excluding hydrogens is 422 g/mol. The lowest BCUT2D eigenvalue weighted by molar-refractivity contribution is -0.120. The number of ether oxygens (including phenoxy) is 1. The minimum Gasteiger partial charge on any atom is -0.368 e. The van der Waals surface area contributed by atoms with Gasteiger partial charge in [0.25, 0.3) is 5.56 Å². The molecule has 32 heavy (non-hydrogen) atoms. The molecule has 3 aromatic heterocycles. The van der Waals surface area contributed by atoms with Gasteiger partial charge in [-0.2, -0.15) is 10.2 Å². The summed E-state index contributed by atoms with van der Waals surface area (Å²) in [4.78, 5) is 14.7. The fourth-order valence-corrected chi connectivity index (χ4v) is 4.13. The fraction of sp³-hybridized carbons (Fsp3) is 0.476. The molecule has 9 nitrogen and oxygen atoms in total. The van der Waals surface area contributed by atoms with Crippen LogP contribution in [0.3, 0.4) is 0 Å².